The van der Waals surface area contributed by atoms with Crippen LogP contribution >= 0.6 is 0 Å². The lowest BCUT2D eigenvalue weighted by molar-refractivity contribution is -0.153. The largest absolute Gasteiger partial charge is 0.507 e. The number of hydrogen-bond donors (Lipinski definition) is 2. The first kappa shape index (κ1) is 13.8. The first-order valence-corrected chi connectivity index (χ1v) is 5.20. The molecule has 1 aromatic carbocycles. The van der Waals surface area contributed by atoms with Gasteiger partial charge in [0.25, 0.3) is 0 Å². The van der Waals surface area contributed by atoms with E-state index in [0.29, 0.717) is 0 Å². The van der Waals surface area contributed by atoms with Gasteiger partial charge in [0.2, 0.25) is 0 Å². The number of aliphatic hydroxyl groups is 1. The molecule has 0 spiro atoms. The minimum Gasteiger partial charge on any atom is -0.507 e. The van der Waals surface area contributed by atoms with Crippen LogP contribution in [0.15, 0.2) is 12.1 Å². The molecule has 0 bridgehead atoms. The van der Waals surface area contributed by atoms with E-state index in [2.05, 4.69) is 4.74 Å². The molecule has 0 amide bonds. The highest BCUT2D eigenvalue weighted by molar-refractivity contribution is 5.77. The van der Waals surface area contributed by atoms with Crippen molar-refractivity contribution in [2.24, 2.45) is 0 Å². The Morgan fingerprint density at radius 2 is 2.22 bits per heavy atom. The number of nitrogens with zero attached hydrogens (tertiary/aromatic N) is 1. The third-order valence-electron chi connectivity index (χ3n) is 2.27. The first-order chi connectivity index (χ1) is 8.54. The molecule has 0 saturated heterocycles. The highest BCUT2D eigenvalue weighted by Gasteiger charge is 2.23. The van der Waals surface area contributed by atoms with Crippen molar-refractivity contribution in [2.75, 3.05) is 13.7 Å². The minimum atomic E-state index is -1.64. The van der Waals surface area contributed by atoms with Crippen LogP contribution in [0.5, 0.6) is 11.5 Å². The van der Waals surface area contributed by atoms with Crippen molar-refractivity contribution in [3.05, 3.63) is 23.3 Å². The van der Waals surface area contributed by atoms with E-state index in [0.717, 1.165) is 6.07 Å². The van der Waals surface area contributed by atoms with Crippen LogP contribution < -0.4 is 4.74 Å². The number of carbonyl (C=O) groups is 1. The van der Waals surface area contributed by atoms with Gasteiger partial charge in [-0.25, -0.2) is 4.79 Å². The number of rotatable bonds is 4. The Morgan fingerprint density at radius 1 is 1.56 bits per heavy atom. The summed E-state index contributed by atoms with van der Waals surface area (Å²) in [6.45, 7) is 1.71. The van der Waals surface area contributed by atoms with E-state index in [4.69, 9.17) is 10.00 Å². The molecule has 1 unspecified atom stereocenters. The summed E-state index contributed by atoms with van der Waals surface area (Å²) < 4.78 is 9.51. The molecule has 0 fully saturated rings. The smallest absolute Gasteiger partial charge is 0.339 e. The number of methoxy groups -OCH3 is 1. The molecule has 0 aliphatic rings. The van der Waals surface area contributed by atoms with Crippen LogP contribution in [0, 0.1) is 11.3 Å². The average Bonchev–Trinajstić information content (AvgIpc) is 2.37. The topological polar surface area (TPSA) is 99.8 Å². The molecule has 0 saturated carbocycles. The van der Waals surface area contributed by atoms with Crippen molar-refractivity contribution >= 4 is 5.97 Å². The highest BCUT2D eigenvalue weighted by Crippen LogP contribution is 2.32. The van der Waals surface area contributed by atoms with Gasteiger partial charge in [0, 0.05) is 11.6 Å². The summed E-state index contributed by atoms with van der Waals surface area (Å²) in [4.78, 5) is 11.4. The molecule has 0 aromatic heterocycles. The molecular formula is C12H13NO5. The zero-order valence-corrected chi connectivity index (χ0v) is 10.0. The van der Waals surface area contributed by atoms with Crippen LogP contribution in [0.4, 0.5) is 0 Å². The van der Waals surface area contributed by atoms with Gasteiger partial charge in [-0.15, -0.1) is 0 Å². The molecule has 6 nitrogen and oxygen atoms in total. The van der Waals surface area contributed by atoms with Crippen molar-refractivity contribution in [3.63, 3.8) is 0 Å². The van der Waals surface area contributed by atoms with Crippen molar-refractivity contribution in [1.29, 1.82) is 5.26 Å². The van der Waals surface area contributed by atoms with Gasteiger partial charge in [-0.05, 0) is 13.0 Å². The van der Waals surface area contributed by atoms with Crippen LogP contribution in [0.3, 0.4) is 0 Å². The number of benzene rings is 1. The lowest BCUT2D eigenvalue weighted by Crippen LogP contribution is -2.15. The number of aromatic hydroxyl groups is 1. The van der Waals surface area contributed by atoms with E-state index in [9.17, 15) is 15.0 Å². The van der Waals surface area contributed by atoms with Gasteiger partial charge in [-0.3, -0.25) is 0 Å². The maximum absolute atomic E-state index is 11.4. The predicted octanol–water partition coefficient (Wildman–Crippen LogP) is 0.869. The van der Waals surface area contributed by atoms with Gasteiger partial charge in [0.1, 0.15) is 17.6 Å². The normalized spacial score (nSPS) is 11.4. The molecule has 96 valence electrons. The molecule has 2 N–H and O–H groups in total. The second kappa shape index (κ2) is 5.89. The molecule has 6 heteroatoms. The zero-order chi connectivity index (χ0) is 13.7. The summed E-state index contributed by atoms with van der Waals surface area (Å²) >= 11 is 0. The van der Waals surface area contributed by atoms with Crippen molar-refractivity contribution < 1.29 is 24.5 Å². The van der Waals surface area contributed by atoms with Crippen LogP contribution in [-0.2, 0) is 9.53 Å². The molecule has 1 atom stereocenters. The van der Waals surface area contributed by atoms with Gasteiger partial charge in [-0.1, -0.05) is 0 Å². The Labute approximate surface area is 104 Å². The van der Waals surface area contributed by atoms with Crippen LogP contribution in [0.1, 0.15) is 24.2 Å². The van der Waals surface area contributed by atoms with Gasteiger partial charge in [0.05, 0.1) is 19.3 Å². The first-order valence-electron chi connectivity index (χ1n) is 5.20. The molecule has 1 rings (SSSR count). The van der Waals surface area contributed by atoms with E-state index in [1.54, 1.807) is 6.92 Å². The zero-order valence-electron chi connectivity index (χ0n) is 10.0. The number of hydrogen-bond acceptors (Lipinski definition) is 6. The summed E-state index contributed by atoms with van der Waals surface area (Å²) in [7, 11) is 1.34. The molecule has 0 aliphatic carbocycles. The third kappa shape index (κ3) is 2.70. The molecule has 0 radical (unpaired) electrons. The number of ether oxygens (including phenoxy) is 2. The molecule has 0 heterocycles. The maximum atomic E-state index is 11.4. The van der Waals surface area contributed by atoms with Crippen LogP contribution in [-0.4, -0.2) is 29.9 Å². The Morgan fingerprint density at radius 3 is 2.72 bits per heavy atom. The summed E-state index contributed by atoms with van der Waals surface area (Å²) in [5, 5.41) is 28.3. The van der Waals surface area contributed by atoms with Gasteiger partial charge in [0.15, 0.2) is 6.10 Å². The van der Waals surface area contributed by atoms with Crippen molar-refractivity contribution in [3.8, 4) is 17.6 Å². The third-order valence-corrected chi connectivity index (χ3v) is 2.27. The minimum absolute atomic E-state index is 0.0919. The van der Waals surface area contributed by atoms with E-state index in [-0.39, 0.29) is 29.2 Å². The lowest BCUT2D eigenvalue weighted by atomic mass is 10.0. The quantitative estimate of drug-likeness (QED) is 0.770. The van der Waals surface area contributed by atoms with Crippen LogP contribution in [0.2, 0.25) is 0 Å². The Bertz CT molecular complexity index is 492. The van der Waals surface area contributed by atoms with Crippen LogP contribution in [0.25, 0.3) is 0 Å². The summed E-state index contributed by atoms with van der Waals surface area (Å²) in [5.74, 6) is -1.07. The number of aliphatic hydroxyl groups excluding tert-OH is 1. The maximum Gasteiger partial charge on any atom is 0.339 e. The Hall–Kier alpha value is -2.26. The number of phenolic OH excluding ortho intramolecular Hbond substituents is 1. The van der Waals surface area contributed by atoms with E-state index < -0.39 is 12.1 Å². The lowest BCUT2D eigenvalue weighted by Gasteiger charge is -2.13. The van der Waals surface area contributed by atoms with Gasteiger partial charge < -0.3 is 19.7 Å². The van der Waals surface area contributed by atoms with Gasteiger partial charge >= 0.3 is 5.97 Å². The molecular weight excluding hydrogens is 238 g/mol. The monoisotopic (exact) mass is 251 g/mol. The summed E-state index contributed by atoms with van der Waals surface area (Å²) in [5.41, 5.74) is 0.0134. The number of nitriles is 1. The fourth-order valence-electron chi connectivity index (χ4n) is 1.41. The second-order valence-corrected chi connectivity index (χ2v) is 3.38. The van der Waals surface area contributed by atoms with Gasteiger partial charge in [-0.2, -0.15) is 5.26 Å². The highest BCUT2D eigenvalue weighted by atomic mass is 16.5. The van der Waals surface area contributed by atoms with E-state index in [1.807, 2.05) is 6.07 Å². The predicted molar refractivity (Wildman–Crippen MR) is 61.0 cm³/mol. The standard InChI is InChI=1S/C12H13NO5/c1-3-18-12(16)11(15)8-4-7(6-13)10(17-2)5-9(8)14/h4-5,11,14-15H,3H2,1-2H3. The van der Waals surface area contributed by atoms with Crippen molar-refractivity contribution in [1.82, 2.24) is 0 Å². The molecule has 1 aromatic rings. The average molecular weight is 251 g/mol. The number of phenols is 1. The molecule has 0 aliphatic heterocycles. The van der Waals surface area contributed by atoms with E-state index in [1.165, 1.54) is 13.2 Å². The fraction of sp³-hybridized carbons (Fsp3) is 0.333. The van der Waals surface area contributed by atoms with Crippen molar-refractivity contribution in [2.45, 2.75) is 13.0 Å². The summed E-state index contributed by atoms with van der Waals surface area (Å²) in [6, 6.07) is 4.19. The number of carbonyl (C=O) groups excluding carboxylic acids is 1. The SMILES string of the molecule is CCOC(=O)C(O)c1cc(C#N)c(OC)cc1O. The Balaban J connectivity index is 3.18. The molecule has 18 heavy (non-hydrogen) atoms. The Kier molecular flexibility index (Phi) is 4.52. The van der Waals surface area contributed by atoms with E-state index >= 15 is 0 Å². The number of esters is 1. The fourth-order valence-corrected chi connectivity index (χ4v) is 1.41. The second-order valence-electron chi connectivity index (χ2n) is 3.38. The summed E-state index contributed by atoms with van der Waals surface area (Å²) in [6.07, 6.45) is -1.64.